The topological polar surface area (TPSA) is 0 Å². The second-order valence-corrected chi connectivity index (χ2v) is 5.90. The normalized spacial score (nSPS) is 36.4. The number of allylic oxidation sites excluding steroid dienone is 3. The molecule has 0 aromatic carbocycles. The van der Waals surface area contributed by atoms with Gasteiger partial charge in [0.05, 0.1) is 0 Å². The Hall–Kier alpha value is -0.520. The zero-order valence-electron chi connectivity index (χ0n) is 10.5. The van der Waals surface area contributed by atoms with Crippen molar-refractivity contribution in [3.63, 3.8) is 0 Å². The van der Waals surface area contributed by atoms with Gasteiger partial charge in [-0.1, -0.05) is 37.6 Å². The van der Waals surface area contributed by atoms with Crippen molar-refractivity contribution in [2.75, 3.05) is 0 Å². The lowest BCUT2D eigenvalue weighted by Crippen LogP contribution is -2.31. The van der Waals surface area contributed by atoms with E-state index in [4.69, 9.17) is 0 Å². The Morgan fingerprint density at radius 2 is 2.13 bits per heavy atom. The van der Waals surface area contributed by atoms with Crippen LogP contribution in [0.25, 0.3) is 0 Å². The van der Waals surface area contributed by atoms with E-state index < -0.39 is 0 Å². The summed E-state index contributed by atoms with van der Waals surface area (Å²) in [6, 6.07) is 0. The fourth-order valence-corrected chi connectivity index (χ4v) is 3.73. The minimum Gasteiger partial charge on any atom is -0.0993 e. The number of rotatable bonds is 1. The van der Waals surface area contributed by atoms with Crippen molar-refractivity contribution >= 4 is 0 Å². The molecule has 2 rings (SSSR count). The second-order valence-electron chi connectivity index (χ2n) is 5.90. The highest BCUT2D eigenvalue weighted by molar-refractivity contribution is 5.24. The lowest BCUT2D eigenvalue weighted by Gasteiger charge is -2.41. The van der Waals surface area contributed by atoms with E-state index in [9.17, 15) is 0 Å². The number of hydrogen-bond donors (Lipinski definition) is 0. The van der Waals surface area contributed by atoms with Crippen molar-refractivity contribution in [3.05, 3.63) is 23.8 Å². The predicted octanol–water partition coefficient (Wildman–Crippen LogP) is 4.73. The highest BCUT2D eigenvalue weighted by Crippen LogP contribution is 2.57. The molecule has 0 aliphatic heterocycles. The average molecular weight is 204 g/mol. The smallest absolute Gasteiger partial charge is 0.00224 e. The highest BCUT2D eigenvalue weighted by atomic mass is 14.5. The van der Waals surface area contributed by atoms with Gasteiger partial charge in [0, 0.05) is 0 Å². The molecule has 0 saturated heterocycles. The molecular weight excluding hydrogens is 180 g/mol. The Morgan fingerprint density at radius 1 is 1.40 bits per heavy atom. The van der Waals surface area contributed by atoms with Gasteiger partial charge in [0.1, 0.15) is 0 Å². The van der Waals surface area contributed by atoms with Crippen LogP contribution in [-0.4, -0.2) is 0 Å². The van der Waals surface area contributed by atoms with Gasteiger partial charge in [-0.05, 0) is 56.3 Å². The van der Waals surface area contributed by atoms with Crippen LogP contribution in [0.2, 0.25) is 0 Å². The van der Waals surface area contributed by atoms with Crippen LogP contribution < -0.4 is 0 Å². The Kier molecular flexibility index (Phi) is 2.79. The summed E-state index contributed by atoms with van der Waals surface area (Å²) in [5, 5.41) is 0. The van der Waals surface area contributed by atoms with Crippen LogP contribution in [0.15, 0.2) is 23.8 Å². The molecule has 0 amide bonds. The SMILES string of the molecule is C=C1CCC(C(C)C)C12CC=C(C)CC2. The van der Waals surface area contributed by atoms with Crippen LogP contribution in [0.1, 0.15) is 52.9 Å². The summed E-state index contributed by atoms with van der Waals surface area (Å²) in [5.74, 6) is 1.70. The molecule has 2 atom stereocenters. The van der Waals surface area contributed by atoms with E-state index in [1.807, 2.05) is 0 Å². The van der Waals surface area contributed by atoms with Gasteiger partial charge in [-0.15, -0.1) is 0 Å². The molecule has 1 fully saturated rings. The van der Waals surface area contributed by atoms with Gasteiger partial charge >= 0.3 is 0 Å². The van der Waals surface area contributed by atoms with Gasteiger partial charge in [-0.3, -0.25) is 0 Å². The highest BCUT2D eigenvalue weighted by Gasteiger charge is 2.46. The predicted molar refractivity (Wildman–Crippen MR) is 66.7 cm³/mol. The molecule has 2 aliphatic rings. The monoisotopic (exact) mass is 204 g/mol. The van der Waals surface area contributed by atoms with E-state index in [1.54, 1.807) is 11.1 Å². The van der Waals surface area contributed by atoms with Crippen LogP contribution in [-0.2, 0) is 0 Å². The maximum Gasteiger partial charge on any atom is -0.00224 e. The summed E-state index contributed by atoms with van der Waals surface area (Å²) in [6.45, 7) is 11.4. The molecule has 0 heterocycles. The van der Waals surface area contributed by atoms with Gasteiger partial charge in [-0.25, -0.2) is 0 Å². The van der Waals surface area contributed by atoms with E-state index in [1.165, 1.54) is 32.1 Å². The fourth-order valence-electron chi connectivity index (χ4n) is 3.73. The molecule has 0 heteroatoms. The van der Waals surface area contributed by atoms with E-state index in [0.717, 1.165) is 11.8 Å². The Balaban J connectivity index is 2.27. The Labute approximate surface area is 94.5 Å². The first-order valence-corrected chi connectivity index (χ1v) is 6.40. The quantitative estimate of drug-likeness (QED) is 0.542. The molecule has 15 heavy (non-hydrogen) atoms. The summed E-state index contributed by atoms with van der Waals surface area (Å²) in [4.78, 5) is 0. The first-order chi connectivity index (χ1) is 7.06. The molecule has 0 aromatic heterocycles. The van der Waals surface area contributed by atoms with Crippen LogP contribution in [0.4, 0.5) is 0 Å². The molecule has 0 aromatic rings. The third-order valence-electron chi connectivity index (χ3n) is 4.76. The van der Waals surface area contributed by atoms with Gasteiger partial charge in [-0.2, -0.15) is 0 Å². The molecule has 1 spiro atoms. The van der Waals surface area contributed by atoms with Crippen LogP contribution >= 0.6 is 0 Å². The van der Waals surface area contributed by atoms with Crippen LogP contribution in [0.3, 0.4) is 0 Å². The molecule has 0 radical (unpaired) electrons. The average Bonchev–Trinajstić information content (AvgIpc) is 2.50. The summed E-state index contributed by atoms with van der Waals surface area (Å²) in [5.41, 5.74) is 3.61. The van der Waals surface area contributed by atoms with E-state index in [0.29, 0.717) is 5.41 Å². The van der Waals surface area contributed by atoms with Crippen molar-refractivity contribution in [2.24, 2.45) is 17.3 Å². The molecule has 2 aliphatic carbocycles. The zero-order chi connectivity index (χ0) is 11.1. The van der Waals surface area contributed by atoms with Crippen molar-refractivity contribution in [3.8, 4) is 0 Å². The largest absolute Gasteiger partial charge is 0.0993 e. The van der Waals surface area contributed by atoms with Crippen LogP contribution in [0.5, 0.6) is 0 Å². The minimum absolute atomic E-state index is 0.480. The Morgan fingerprint density at radius 3 is 2.67 bits per heavy atom. The van der Waals surface area contributed by atoms with Crippen LogP contribution in [0, 0.1) is 17.3 Å². The standard InChI is InChI=1S/C15H24/c1-11(2)14-6-5-13(4)15(14)9-7-12(3)8-10-15/h7,11,14H,4-6,8-10H2,1-3H3. The van der Waals surface area contributed by atoms with Gasteiger partial charge < -0.3 is 0 Å². The molecular formula is C15H24. The summed E-state index contributed by atoms with van der Waals surface area (Å²) < 4.78 is 0. The lowest BCUT2D eigenvalue weighted by molar-refractivity contribution is 0.169. The summed E-state index contributed by atoms with van der Waals surface area (Å²) in [6.07, 6.45) is 9.04. The molecule has 0 bridgehead atoms. The first-order valence-electron chi connectivity index (χ1n) is 6.40. The van der Waals surface area contributed by atoms with Crippen molar-refractivity contribution in [1.82, 2.24) is 0 Å². The third kappa shape index (κ3) is 1.68. The Bertz CT molecular complexity index is 295. The third-order valence-corrected chi connectivity index (χ3v) is 4.76. The second kappa shape index (κ2) is 3.81. The van der Waals surface area contributed by atoms with Gasteiger partial charge in [0.2, 0.25) is 0 Å². The minimum atomic E-state index is 0.480. The van der Waals surface area contributed by atoms with Crippen molar-refractivity contribution in [1.29, 1.82) is 0 Å². The molecule has 84 valence electrons. The fraction of sp³-hybridized carbons (Fsp3) is 0.733. The number of hydrogen-bond acceptors (Lipinski definition) is 0. The molecule has 0 N–H and O–H groups in total. The zero-order valence-corrected chi connectivity index (χ0v) is 10.5. The van der Waals surface area contributed by atoms with E-state index >= 15 is 0 Å². The summed E-state index contributed by atoms with van der Waals surface area (Å²) in [7, 11) is 0. The van der Waals surface area contributed by atoms with Gasteiger partial charge in [0.25, 0.3) is 0 Å². The maximum atomic E-state index is 4.36. The van der Waals surface area contributed by atoms with E-state index in [-0.39, 0.29) is 0 Å². The van der Waals surface area contributed by atoms with Crippen molar-refractivity contribution < 1.29 is 0 Å². The maximum absolute atomic E-state index is 4.36. The molecule has 0 nitrogen and oxygen atoms in total. The van der Waals surface area contributed by atoms with Gasteiger partial charge in [0.15, 0.2) is 0 Å². The lowest BCUT2D eigenvalue weighted by atomic mass is 9.64. The molecule has 2 unspecified atom stereocenters. The van der Waals surface area contributed by atoms with Crippen molar-refractivity contribution in [2.45, 2.75) is 52.9 Å². The summed E-state index contributed by atoms with van der Waals surface area (Å²) >= 11 is 0. The molecule has 1 saturated carbocycles. The van der Waals surface area contributed by atoms with E-state index in [2.05, 4.69) is 33.4 Å². The first kappa shape index (κ1) is 11.0.